The smallest absolute Gasteiger partial charge is 0.323 e. The maximum atomic E-state index is 13.5. The molecule has 4 nitrogen and oxygen atoms in total. The van der Waals surface area contributed by atoms with Gasteiger partial charge in [-0.3, -0.25) is 4.79 Å². The van der Waals surface area contributed by atoms with Gasteiger partial charge in [0, 0.05) is 33.0 Å². The molecule has 0 spiro atoms. The molecule has 0 N–H and O–H groups in total. The second-order valence-electron chi connectivity index (χ2n) is 8.26. The number of nitrogens with zero attached hydrogens (tertiary/aromatic N) is 2. The zero-order valence-electron chi connectivity index (χ0n) is 18.2. The predicted molar refractivity (Wildman–Crippen MR) is 108 cm³/mol. The third-order valence-corrected chi connectivity index (χ3v) is 5.66. The van der Waals surface area contributed by atoms with Gasteiger partial charge in [0.1, 0.15) is 11.6 Å². The molecule has 1 fully saturated rings. The van der Waals surface area contributed by atoms with Gasteiger partial charge >= 0.3 is 18.4 Å². The molecule has 1 saturated heterocycles. The summed E-state index contributed by atoms with van der Waals surface area (Å²) in [6.45, 7) is 1.11. The van der Waals surface area contributed by atoms with Crippen LogP contribution in [0.25, 0.3) is 0 Å². The Bertz CT molecular complexity index is 1060. The van der Waals surface area contributed by atoms with Crippen molar-refractivity contribution in [3.63, 3.8) is 0 Å². The number of carbonyl (C=O) groups is 2. The minimum Gasteiger partial charge on any atom is -0.323 e. The minimum atomic E-state index is -5.00. The van der Waals surface area contributed by atoms with Crippen molar-refractivity contribution >= 4 is 11.8 Å². The highest BCUT2D eigenvalue weighted by atomic mass is 19.4. The van der Waals surface area contributed by atoms with E-state index in [1.54, 1.807) is 6.92 Å². The van der Waals surface area contributed by atoms with Gasteiger partial charge in [0.15, 0.2) is 0 Å². The van der Waals surface area contributed by atoms with Crippen LogP contribution in [0.15, 0.2) is 36.4 Å². The molecule has 1 atom stereocenters. The molecule has 3 rings (SSSR count). The Morgan fingerprint density at radius 2 is 1.62 bits per heavy atom. The van der Waals surface area contributed by atoms with Crippen LogP contribution in [0.2, 0.25) is 0 Å². The molecular formula is C23H21F7N2O2. The van der Waals surface area contributed by atoms with Crippen LogP contribution < -0.4 is 0 Å². The Labute approximate surface area is 190 Å². The molecule has 2 amide bonds. The summed E-state index contributed by atoms with van der Waals surface area (Å²) in [4.78, 5) is 27.6. The first-order chi connectivity index (χ1) is 15.7. The number of hydrogen-bond donors (Lipinski definition) is 0. The third kappa shape index (κ3) is 5.68. The maximum absolute atomic E-state index is 13.5. The van der Waals surface area contributed by atoms with Crippen LogP contribution in [0.3, 0.4) is 0 Å². The van der Waals surface area contributed by atoms with Crippen molar-refractivity contribution in [2.75, 3.05) is 13.6 Å². The number of hydrogen-bond acceptors (Lipinski definition) is 2. The summed E-state index contributed by atoms with van der Waals surface area (Å²) < 4.78 is 92.4. The van der Waals surface area contributed by atoms with Crippen LogP contribution in [0, 0.1) is 12.7 Å². The van der Waals surface area contributed by atoms with E-state index in [4.69, 9.17) is 0 Å². The van der Waals surface area contributed by atoms with Gasteiger partial charge in [0.05, 0.1) is 17.2 Å². The number of Topliss-reactive ketones (excluding diaryl/α,β-unsaturated/α-hetero) is 1. The lowest BCUT2D eigenvalue weighted by molar-refractivity contribution is -0.143. The summed E-state index contributed by atoms with van der Waals surface area (Å²) in [5, 5.41) is 0. The van der Waals surface area contributed by atoms with Crippen molar-refractivity contribution in [1.82, 2.24) is 9.80 Å². The number of halogens is 7. The summed E-state index contributed by atoms with van der Waals surface area (Å²) in [5.41, 5.74) is -2.24. The molecule has 0 unspecified atom stereocenters. The molecule has 34 heavy (non-hydrogen) atoms. The Morgan fingerprint density at radius 1 is 1.03 bits per heavy atom. The van der Waals surface area contributed by atoms with E-state index in [1.165, 1.54) is 30.1 Å². The van der Waals surface area contributed by atoms with Crippen molar-refractivity contribution in [1.29, 1.82) is 0 Å². The lowest BCUT2D eigenvalue weighted by Crippen LogP contribution is -2.47. The summed E-state index contributed by atoms with van der Waals surface area (Å²) >= 11 is 0. The molecule has 0 saturated carbocycles. The average Bonchev–Trinajstić information content (AvgIpc) is 2.71. The molecule has 0 aromatic heterocycles. The number of likely N-dealkylation sites (tertiary alicyclic amines) is 1. The second kappa shape index (κ2) is 9.27. The van der Waals surface area contributed by atoms with Gasteiger partial charge in [-0.05, 0) is 53.9 Å². The number of amides is 2. The van der Waals surface area contributed by atoms with E-state index in [0.29, 0.717) is 23.3 Å². The van der Waals surface area contributed by atoms with E-state index in [-0.39, 0.29) is 36.8 Å². The van der Waals surface area contributed by atoms with Crippen molar-refractivity contribution in [3.8, 4) is 0 Å². The molecule has 184 valence electrons. The fourth-order valence-electron chi connectivity index (χ4n) is 4.02. The summed E-state index contributed by atoms with van der Waals surface area (Å²) in [6, 6.07) is 3.65. The maximum Gasteiger partial charge on any atom is 0.416 e. The van der Waals surface area contributed by atoms with Crippen LogP contribution in [0.4, 0.5) is 35.5 Å². The number of carbonyl (C=O) groups excluding carboxylic acids is 2. The van der Waals surface area contributed by atoms with Gasteiger partial charge < -0.3 is 9.80 Å². The Balaban J connectivity index is 1.90. The number of aryl methyl sites for hydroxylation is 1. The fraction of sp³-hybridized carbons (Fsp3) is 0.391. The number of urea groups is 1. The summed E-state index contributed by atoms with van der Waals surface area (Å²) in [7, 11) is 1.25. The number of ketones is 1. The van der Waals surface area contributed by atoms with Crippen molar-refractivity contribution in [2.45, 2.75) is 44.7 Å². The van der Waals surface area contributed by atoms with E-state index < -0.39 is 47.9 Å². The van der Waals surface area contributed by atoms with E-state index in [2.05, 4.69) is 0 Å². The van der Waals surface area contributed by atoms with Crippen molar-refractivity contribution in [2.24, 2.45) is 0 Å². The highest BCUT2D eigenvalue weighted by Crippen LogP contribution is 2.37. The van der Waals surface area contributed by atoms with E-state index in [0.717, 1.165) is 4.90 Å². The number of benzene rings is 2. The first kappa shape index (κ1) is 25.5. The Morgan fingerprint density at radius 3 is 2.15 bits per heavy atom. The van der Waals surface area contributed by atoms with E-state index in [9.17, 15) is 40.3 Å². The molecule has 0 bridgehead atoms. The molecule has 11 heteroatoms. The van der Waals surface area contributed by atoms with Gasteiger partial charge in [0.25, 0.3) is 0 Å². The lowest BCUT2D eigenvalue weighted by atomic mass is 9.91. The molecule has 2 aromatic carbocycles. The quantitative estimate of drug-likeness (QED) is 0.486. The molecule has 1 heterocycles. The molecule has 0 radical (unpaired) electrons. The highest BCUT2D eigenvalue weighted by molar-refractivity contribution is 5.84. The van der Waals surface area contributed by atoms with Crippen LogP contribution in [-0.4, -0.2) is 35.2 Å². The molecule has 2 aromatic rings. The number of alkyl halides is 6. The van der Waals surface area contributed by atoms with Gasteiger partial charge in [-0.1, -0.05) is 6.07 Å². The molecule has 1 aliphatic rings. The third-order valence-electron chi connectivity index (χ3n) is 5.66. The standard InChI is InChI=1S/C23H21F7N2O2/c1-13-7-17(24)3-4-19(13)20-11-18(33)5-6-32(20)21(34)31(2)12-14-8-15(22(25,26)27)10-16(9-14)23(28,29)30/h3-4,7-10,20H,5-6,11-12H2,1-2H3/t20-/m1/s1. The first-order valence-electron chi connectivity index (χ1n) is 10.2. The summed E-state index contributed by atoms with van der Waals surface area (Å²) in [5.74, 6) is -0.614. The minimum absolute atomic E-state index is 0.0138. The van der Waals surface area contributed by atoms with Gasteiger partial charge in [-0.2, -0.15) is 26.3 Å². The zero-order chi connectivity index (χ0) is 25.4. The van der Waals surface area contributed by atoms with Crippen LogP contribution >= 0.6 is 0 Å². The highest BCUT2D eigenvalue weighted by Gasteiger charge is 2.38. The number of piperidine rings is 1. The fourth-order valence-corrected chi connectivity index (χ4v) is 4.02. The second-order valence-corrected chi connectivity index (χ2v) is 8.26. The van der Waals surface area contributed by atoms with Crippen LogP contribution in [0.5, 0.6) is 0 Å². The first-order valence-corrected chi connectivity index (χ1v) is 10.2. The largest absolute Gasteiger partial charge is 0.416 e. The Kier molecular flexibility index (Phi) is 6.95. The summed E-state index contributed by atoms with van der Waals surface area (Å²) in [6.07, 6.45) is -9.99. The lowest BCUT2D eigenvalue weighted by Gasteiger charge is -2.38. The normalized spacial score (nSPS) is 17.1. The zero-order valence-corrected chi connectivity index (χ0v) is 18.2. The Hall–Kier alpha value is -3.11. The van der Waals surface area contributed by atoms with Crippen LogP contribution in [0.1, 0.15) is 46.7 Å². The molecule has 0 aliphatic carbocycles. The van der Waals surface area contributed by atoms with Gasteiger partial charge in [-0.25, -0.2) is 9.18 Å². The number of rotatable bonds is 3. The van der Waals surface area contributed by atoms with Crippen LogP contribution in [-0.2, 0) is 23.7 Å². The molecular weight excluding hydrogens is 469 g/mol. The predicted octanol–water partition coefficient (Wildman–Crippen LogP) is 6.13. The van der Waals surface area contributed by atoms with Gasteiger partial charge in [0.2, 0.25) is 0 Å². The monoisotopic (exact) mass is 490 g/mol. The SMILES string of the molecule is Cc1cc(F)ccc1[C@H]1CC(=O)CCN1C(=O)N(C)Cc1cc(C(F)(F)F)cc(C(F)(F)F)c1. The average molecular weight is 490 g/mol. The topological polar surface area (TPSA) is 40.6 Å². The van der Waals surface area contributed by atoms with Crippen molar-refractivity contribution < 1.29 is 40.3 Å². The van der Waals surface area contributed by atoms with E-state index in [1.807, 2.05) is 0 Å². The molecule has 1 aliphatic heterocycles. The van der Waals surface area contributed by atoms with Crippen molar-refractivity contribution in [3.05, 3.63) is 70.0 Å². The van der Waals surface area contributed by atoms with E-state index >= 15 is 0 Å². The van der Waals surface area contributed by atoms with Gasteiger partial charge in [-0.15, -0.1) is 0 Å².